The van der Waals surface area contributed by atoms with E-state index in [-0.39, 0.29) is 23.8 Å². The molecule has 3 N–H and O–H groups in total. The summed E-state index contributed by atoms with van der Waals surface area (Å²) >= 11 is 0. The van der Waals surface area contributed by atoms with Crippen molar-refractivity contribution in [3.8, 4) is 0 Å². The molecule has 1 heterocycles. The highest BCUT2D eigenvalue weighted by atomic mass is 32.2. The Morgan fingerprint density at radius 1 is 1.00 bits per heavy atom. The molecular formula is C29H34N4O5S. The molecule has 0 aliphatic rings. The summed E-state index contributed by atoms with van der Waals surface area (Å²) in [5.41, 5.74) is 3.28. The molecule has 0 spiro atoms. The number of hydrogen-bond acceptors (Lipinski definition) is 5. The van der Waals surface area contributed by atoms with Crippen LogP contribution in [0.3, 0.4) is 0 Å². The smallest absolute Gasteiger partial charge is 0.406 e. The predicted molar refractivity (Wildman–Crippen MR) is 150 cm³/mol. The van der Waals surface area contributed by atoms with E-state index in [0.29, 0.717) is 24.0 Å². The molecule has 2 atom stereocenters. The van der Waals surface area contributed by atoms with Gasteiger partial charge in [-0.15, -0.1) is 0 Å². The van der Waals surface area contributed by atoms with Crippen LogP contribution in [0.2, 0.25) is 0 Å². The predicted octanol–water partition coefficient (Wildman–Crippen LogP) is 4.32. The maximum absolute atomic E-state index is 14.1. The Labute approximate surface area is 228 Å². The van der Waals surface area contributed by atoms with Gasteiger partial charge in [-0.05, 0) is 48.1 Å². The summed E-state index contributed by atoms with van der Waals surface area (Å²) in [5, 5.41) is 23.0. The zero-order chi connectivity index (χ0) is 28.0. The number of aryl methyl sites for hydroxylation is 1. The van der Waals surface area contributed by atoms with E-state index in [2.05, 4.69) is 10.3 Å². The first kappa shape index (κ1) is 28.3. The van der Waals surface area contributed by atoms with Gasteiger partial charge in [0.15, 0.2) is 0 Å². The molecule has 1 aromatic heterocycles. The van der Waals surface area contributed by atoms with E-state index in [1.54, 1.807) is 18.5 Å². The second-order valence-corrected chi connectivity index (χ2v) is 11.9. The average molecular weight is 551 g/mol. The van der Waals surface area contributed by atoms with Gasteiger partial charge >= 0.3 is 6.09 Å². The zero-order valence-electron chi connectivity index (χ0n) is 22.0. The summed E-state index contributed by atoms with van der Waals surface area (Å²) in [6.45, 7) is 4.21. The summed E-state index contributed by atoms with van der Waals surface area (Å²) in [6, 6.07) is 23.9. The first-order chi connectivity index (χ1) is 18.6. The second kappa shape index (κ2) is 12.4. The number of amides is 1. The lowest BCUT2D eigenvalue weighted by Gasteiger charge is -2.35. The van der Waals surface area contributed by atoms with Crippen molar-refractivity contribution in [1.29, 1.82) is 0 Å². The Hall–Kier alpha value is -3.73. The largest absolute Gasteiger partial charge is 0.465 e. The second-order valence-electron chi connectivity index (χ2n) is 9.96. The number of imidazole rings is 1. The van der Waals surface area contributed by atoms with Gasteiger partial charge < -0.3 is 20.1 Å². The Morgan fingerprint density at radius 3 is 2.26 bits per heavy atom. The number of nitrogens with zero attached hydrogens (tertiary/aromatic N) is 3. The van der Waals surface area contributed by atoms with Gasteiger partial charge in [-0.2, -0.15) is 4.31 Å². The van der Waals surface area contributed by atoms with Crippen molar-refractivity contribution < 1.29 is 23.4 Å². The molecule has 0 fully saturated rings. The highest BCUT2D eigenvalue weighted by molar-refractivity contribution is 7.89. The van der Waals surface area contributed by atoms with Gasteiger partial charge in [0.2, 0.25) is 10.0 Å². The minimum absolute atomic E-state index is 0.00194. The van der Waals surface area contributed by atoms with Gasteiger partial charge in [-0.3, -0.25) is 0 Å². The Balaban J connectivity index is 1.68. The summed E-state index contributed by atoms with van der Waals surface area (Å²) in [5.74, 6) is -0.133. The molecule has 0 radical (unpaired) electrons. The SMILES string of the molecule is CC(C)CN(C(NC(=O)O)[C@H](O)CCc1ccccc1)S(=O)(=O)c1ccc2ncn(Cc3ccccc3)c2c1. The molecule has 9 nitrogen and oxygen atoms in total. The lowest BCUT2D eigenvalue weighted by molar-refractivity contribution is 0.0590. The van der Waals surface area contributed by atoms with Crippen LogP contribution < -0.4 is 5.32 Å². The number of carbonyl (C=O) groups is 1. The number of fused-ring (bicyclic) bond motifs is 1. The third kappa shape index (κ3) is 7.03. The molecule has 0 aliphatic carbocycles. The maximum atomic E-state index is 14.1. The first-order valence-electron chi connectivity index (χ1n) is 12.9. The molecule has 10 heteroatoms. The van der Waals surface area contributed by atoms with Crippen molar-refractivity contribution in [2.24, 2.45) is 5.92 Å². The van der Waals surface area contributed by atoms with Crippen molar-refractivity contribution in [2.75, 3.05) is 6.54 Å². The minimum atomic E-state index is -4.22. The molecule has 4 aromatic rings. The Kier molecular flexibility index (Phi) is 9.01. The van der Waals surface area contributed by atoms with Crippen molar-refractivity contribution >= 4 is 27.1 Å². The van der Waals surface area contributed by atoms with Crippen LogP contribution in [0.1, 0.15) is 31.4 Å². The summed E-state index contributed by atoms with van der Waals surface area (Å²) in [6.07, 6.45) is -1.77. The van der Waals surface area contributed by atoms with Crippen LogP contribution in [-0.2, 0) is 23.0 Å². The van der Waals surface area contributed by atoms with Crippen LogP contribution in [-0.4, -0.2) is 57.4 Å². The van der Waals surface area contributed by atoms with Crippen molar-refractivity contribution in [1.82, 2.24) is 19.2 Å². The number of sulfonamides is 1. The number of rotatable bonds is 12. The van der Waals surface area contributed by atoms with E-state index in [1.807, 2.05) is 79.1 Å². The van der Waals surface area contributed by atoms with E-state index in [1.165, 1.54) is 6.07 Å². The number of aromatic nitrogens is 2. The van der Waals surface area contributed by atoms with E-state index < -0.39 is 28.4 Å². The monoisotopic (exact) mass is 550 g/mol. The van der Waals surface area contributed by atoms with Crippen LogP contribution in [0.15, 0.2) is 90.1 Å². The molecule has 1 unspecified atom stereocenters. The standard InChI is InChI=1S/C29H34N4O5S/c1-21(2)18-33(28(31-29(35)36)27(34)16-13-22-9-5-3-6-10-22)39(37,38)24-14-15-25-26(17-24)32(20-30-25)19-23-11-7-4-8-12-23/h3-12,14-15,17,20-21,27-28,31,34H,13,16,18-19H2,1-2H3,(H,35,36)/t27-,28?/m1/s1. The molecule has 3 aromatic carbocycles. The third-order valence-corrected chi connectivity index (χ3v) is 8.30. The fourth-order valence-corrected chi connectivity index (χ4v) is 6.32. The summed E-state index contributed by atoms with van der Waals surface area (Å²) in [7, 11) is -4.22. The van der Waals surface area contributed by atoms with Crippen molar-refractivity contribution in [3.63, 3.8) is 0 Å². The molecule has 39 heavy (non-hydrogen) atoms. The Bertz CT molecular complexity index is 1490. The number of benzene rings is 3. The number of nitrogens with one attached hydrogen (secondary N) is 1. The molecule has 1 amide bonds. The molecule has 0 aliphatic heterocycles. The van der Waals surface area contributed by atoms with Crippen LogP contribution in [0.5, 0.6) is 0 Å². The lowest BCUT2D eigenvalue weighted by Crippen LogP contribution is -2.57. The lowest BCUT2D eigenvalue weighted by atomic mass is 10.0. The summed E-state index contributed by atoms with van der Waals surface area (Å²) < 4.78 is 31.1. The van der Waals surface area contributed by atoms with Crippen molar-refractivity contribution in [2.45, 2.75) is 50.4 Å². The van der Waals surface area contributed by atoms with Crippen LogP contribution in [0.25, 0.3) is 11.0 Å². The molecular weight excluding hydrogens is 516 g/mol. The molecule has 0 saturated heterocycles. The fourth-order valence-electron chi connectivity index (χ4n) is 4.56. The fraction of sp³-hybridized carbons (Fsp3) is 0.310. The average Bonchev–Trinajstić information content (AvgIpc) is 3.32. The first-order valence-corrected chi connectivity index (χ1v) is 14.3. The maximum Gasteiger partial charge on any atom is 0.406 e. The normalized spacial score (nSPS) is 13.6. The van der Waals surface area contributed by atoms with Gasteiger partial charge in [0.1, 0.15) is 6.17 Å². The molecule has 4 rings (SSSR count). The number of hydrogen-bond donors (Lipinski definition) is 3. The summed E-state index contributed by atoms with van der Waals surface area (Å²) in [4.78, 5) is 16.2. The molecule has 0 bridgehead atoms. The molecule has 206 valence electrons. The third-order valence-electron chi connectivity index (χ3n) is 6.46. The van der Waals surface area contributed by atoms with Gasteiger partial charge in [0.05, 0.1) is 28.4 Å². The van der Waals surface area contributed by atoms with E-state index in [9.17, 15) is 23.4 Å². The van der Waals surface area contributed by atoms with Crippen LogP contribution in [0.4, 0.5) is 4.79 Å². The zero-order valence-corrected chi connectivity index (χ0v) is 22.8. The highest BCUT2D eigenvalue weighted by Gasteiger charge is 2.37. The minimum Gasteiger partial charge on any atom is -0.465 e. The van der Waals surface area contributed by atoms with Gasteiger partial charge in [-0.1, -0.05) is 74.5 Å². The number of aliphatic hydroxyl groups is 1. The van der Waals surface area contributed by atoms with E-state index in [0.717, 1.165) is 15.4 Å². The highest BCUT2D eigenvalue weighted by Crippen LogP contribution is 2.26. The number of aliphatic hydroxyl groups excluding tert-OH is 1. The van der Waals surface area contributed by atoms with Crippen molar-refractivity contribution in [3.05, 3.63) is 96.3 Å². The number of carboxylic acid groups (broad SMARTS) is 1. The van der Waals surface area contributed by atoms with Gasteiger partial charge in [0, 0.05) is 13.1 Å². The Morgan fingerprint density at radius 2 is 1.64 bits per heavy atom. The van der Waals surface area contributed by atoms with Crippen LogP contribution in [0, 0.1) is 5.92 Å². The van der Waals surface area contributed by atoms with Gasteiger partial charge in [-0.25, -0.2) is 18.2 Å². The van der Waals surface area contributed by atoms with E-state index in [4.69, 9.17) is 0 Å². The molecule has 0 saturated carbocycles. The quantitative estimate of drug-likeness (QED) is 0.226. The van der Waals surface area contributed by atoms with Crippen LogP contribution >= 0.6 is 0 Å². The van der Waals surface area contributed by atoms with E-state index >= 15 is 0 Å². The topological polar surface area (TPSA) is 125 Å². The van der Waals surface area contributed by atoms with Gasteiger partial charge in [0.25, 0.3) is 0 Å².